The number of carbonyl (C=O) groups is 2. The van der Waals surface area contributed by atoms with Crippen LogP contribution in [0.3, 0.4) is 0 Å². The molecule has 0 aliphatic carbocycles. The molecule has 0 saturated carbocycles. The van der Waals surface area contributed by atoms with Crippen LogP contribution in [-0.4, -0.2) is 31.2 Å². The SMILES string of the molecule is CCCOc1ccccc1OCC(=O)O[C@@H](C)C(=O)Nc1cc(C)ccc1C. The molecule has 6 heteroatoms. The van der Waals surface area contributed by atoms with Crippen molar-refractivity contribution in [1.29, 1.82) is 0 Å². The first-order valence-corrected chi connectivity index (χ1v) is 9.33. The normalized spacial score (nSPS) is 11.4. The Kier molecular flexibility index (Phi) is 7.87. The molecule has 2 aromatic carbocycles. The second kappa shape index (κ2) is 10.3. The van der Waals surface area contributed by atoms with Gasteiger partial charge in [-0.25, -0.2) is 4.79 Å². The lowest BCUT2D eigenvalue weighted by molar-refractivity contribution is -0.155. The Morgan fingerprint density at radius 1 is 1.04 bits per heavy atom. The van der Waals surface area contributed by atoms with Crippen LogP contribution in [0.1, 0.15) is 31.4 Å². The number of aryl methyl sites for hydroxylation is 2. The molecule has 1 N–H and O–H groups in total. The molecule has 2 aromatic rings. The molecule has 6 nitrogen and oxygen atoms in total. The Hall–Kier alpha value is -3.02. The lowest BCUT2D eigenvalue weighted by Gasteiger charge is -2.16. The monoisotopic (exact) mass is 385 g/mol. The number of nitrogens with one attached hydrogen (secondary N) is 1. The molecule has 2 rings (SSSR count). The predicted molar refractivity (Wildman–Crippen MR) is 108 cm³/mol. The summed E-state index contributed by atoms with van der Waals surface area (Å²) in [7, 11) is 0. The summed E-state index contributed by atoms with van der Waals surface area (Å²) in [6, 6.07) is 12.9. The van der Waals surface area contributed by atoms with Crippen LogP contribution in [0.15, 0.2) is 42.5 Å². The van der Waals surface area contributed by atoms with Crippen LogP contribution in [0.5, 0.6) is 11.5 Å². The van der Waals surface area contributed by atoms with E-state index in [1.54, 1.807) is 18.2 Å². The summed E-state index contributed by atoms with van der Waals surface area (Å²) in [5.74, 6) is 0.000826. The standard InChI is InChI=1S/C22H27NO5/c1-5-12-26-19-8-6-7-9-20(19)27-14-21(24)28-17(4)22(25)23-18-13-15(2)10-11-16(18)3/h6-11,13,17H,5,12,14H2,1-4H3,(H,23,25)/t17-/m0/s1. The number of benzene rings is 2. The van der Waals surface area contributed by atoms with E-state index in [9.17, 15) is 9.59 Å². The van der Waals surface area contributed by atoms with Gasteiger partial charge in [-0.3, -0.25) is 4.79 Å². The van der Waals surface area contributed by atoms with Crippen molar-refractivity contribution in [3.63, 3.8) is 0 Å². The van der Waals surface area contributed by atoms with Gasteiger partial charge in [0.05, 0.1) is 6.61 Å². The highest BCUT2D eigenvalue weighted by atomic mass is 16.6. The van der Waals surface area contributed by atoms with E-state index < -0.39 is 18.0 Å². The van der Waals surface area contributed by atoms with Crippen molar-refractivity contribution < 1.29 is 23.8 Å². The minimum absolute atomic E-state index is 0.312. The maximum Gasteiger partial charge on any atom is 0.344 e. The van der Waals surface area contributed by atoms with E-state index in [4.69, 9.17) is 14.2 Å². The van der Waals surface area contributed by atoms with Crippen molar-refractivity contribution in [2.24, 2.45) is 0 Å². The Morgan fingerprint density at radius 2 is 1.71 bits per heavy atom. The molecule has 0 aliphatic heterocycles. The van der Waals surface area contributed by atoms with Gasteiger partial charge in [0, 0.05) is 5.69 Å². The average molecular weight is 385 g/mol. The van der Waals surface area contributed by atoms with Gasteiger partial charge in [-0.1, -0.05) is 31.2 Å². The second-order valence-corrected chi connectivity index (χ2v) is 6.52. The molecule has 1 atom stereocenters. The van der Waals surface area contributed by atoms with E-state index in [0.29, 0.717) is 23.8 Å². The molecule has 0 fully saturated rings. The zero-order valence-corrected chi connectivity index (χ0v) is 16.8. The molecule has 0 saturated heterocycles. The van der Waals surface area contributed by atoms with Crippen LogP contribution in [0.25, 0.3) is 0 Å². The summed E-state index contributed by atoms with van der Waals surface area (Å²) in [6.07, 6.45) is -0.0775. The Bertz CT molecular complexity index is 818. The molecular weight excluding hydrogens is 358 g/mol. The number of esters is 1. The van der Waals surface area contributed by atoms with Gasteiger partial charge < -0.3 is 19.5 Å². The van der Waals surface area contributed by atoms with Gasteiger partial charge >= 0.3 is 5.97 Å². The lowest BCUT2D eigenvalue weighted by atomic mass is 10.1. The van der Waals surface area contributed by atoms with E-state index in [0.717, 1.165) is 17.5 Å². The molecule has 150 valence electrons. The second-order valence-electron chi connectivity index (χ2n) is 6.52. The fourth-order valence-electron chi connectivity index (χ4n) is 2.43. The molecular formula is C22H27NO5. The fraction of sp³-hybridized carbons (Fsp3) is 0.364. The summed E-state index contributed by atoms with van der Waals surface area (Å²) in [4.78, 5) is 24.4. The lowest BCUT2D eigenvalue weighted by Crippen LogP contribution is -2.32. The van der Waals surface area contributed by atoms with Crippen molar-refractivity contribution in [2.75, 3.05) is 18.5 Å². The summed E-state index contributed by atoms with van der Waals surface area (Å²) in [6.45, 7) is 7.62. The van der Waals surface area contributed by atoms with E-state index >= 15 is 0 Å². The number of amides is 1. The molecule has 0 aliphatic rings. The van der Waals surface area contributed by atoms with Crippen LogP contribution in [-0.2, 0) is 14.3 Å². The number of carbonyl (C=O) groups excluding carboxylic acids is 2. The highest BCUT2D eigenvalue weighted by Crippen LogP contribution is 2.26. The number of hydrogen-bond donors (Lipinski definition) is 1. The summed E-state index contributed by atoms with van der Waals surface area (Å²) in [5, 5.41) is 2.79. The van der Waals surface area contributed by atoms with Crippen molar-refractivity contribution >= 4 is 17.6 Å². The van der Waals surface area contributed by atoms with Gasteiger partial charge in [-0.2, -0.15) is 0 Å². The summed E-state index contributed by atoms with van der Waals surface area (Å²) >= 11 is 0. The van der Waals surface area contributed by atoms with Crippen molar-refractivity contribution in [3.05, 3.63) is 53.6 Å². The third kappa shape index (κ3) is 6.30. The molecule has 0 aromatic heterocycles. The van der Waals surface area contributed by atoms with Crippen LogP contribution in [0.2, 0.25) is 0 Å². The fourth-order valence-corrected chi connectivity index (χ4v) is 2.43. The van der Waals surface area contributed by atoms with Crippen LogP contribution < -0.4 is 14.8 Å². The van der Waals surface area contributed by atoms with E-state index in [2.05, 4.69) is 5.32 Å². The average Bonchev–Trinajstić information content (AvgIpc) is 2.68. The molecule has 0 heterocycles. The predicted octanol–water partition coefficient (Wildman–Crippen LogP) is 4.04. The zero-order valence-electron chi connectivity index (χ0n) is 16.8. The smallest absolute Gasteiger partial charge is 0.344 e. The van der Waals surface area contributed by atoms with Gasteiger partial charge in [0.1, 0.15) is 0 Å². The molecule has 0 bridgehead atoms. The highest BCUT2D eigenvalue weighted by molar-refractivity contribution is 5.95. The minimum atomic E-state index is -0.942. The Labute approximate surface area is 165 Å². The first kappa shape index (κ1) is 21.3. The third-order valence-corrected chi connectivity index (χ3v) is 3.98. The number of hydrogen-bond acceptors (Lipinski definition) is 5. The van der Waals surface area contributed by atoms with Gasteiger partial charge in [0.25, 0.3) is 5.91 Å². The van der Waals surface area contributed by atoms with Crippen LogP contribution >= 0.6 is 0 Å². The summed E-state index contributed by atoms with van der Waals surface area (Å²) in [5.41, 5.74) is 2.67. The van der Waals surface area contributed by atoms with E-state index in [-0.39, 0.29) is 6.61 Å². The van der Waals surface area contributed by atoms with Gasteiger partial charge in [-0.05, 0) is 56.5 Å². The number of rotatable bonds is 9. The van der Waals surface area contributed by atoms with Gasteiger partial charge in [0.2, 0.25) is 0 Å². The third-order valence-electron chi connectivity index (χ3n) is 3.98. The molecule has 0 spiro atoms. The Balaban J connectivity index is 1.87. The van der Waals surface area contributed by atoms with E-state index in [1.165, 1.54) is 6.92 Å². The maximum atomic E-state index is 12.3. The van der Waals surface area contributed by atoms with Gasteiger partial charge in [-0.15, -0.1) is 0 Å². The molecule has 0 radical (unpaired) electrons. The highest BCUT2D eigenvalue weighted by Gasteiger charge is 2.19. The summed E-state index contributed by atoms with van der Waals surface area (Å²) < 4.78 is 16.3. The molecule has 28 heavy (non-hydrogen) atoms. The molecule has 1 amide bonds. The van der Waals surface area contributed by atoms with Crippen molar-refractivity contribution in [2.45, 2.75) is 40.2 Å². The Morgan fingerprint density at radius 3 is 2.39 bits per heavy atom. The first-order valence-electron chi connectivity index (χ1n) is 9.33. The number of anilines is 1. The molecule has 0 unspecified atom stereocenters. The maximum absolute atomic E-state index is 12.3. The van der Waals surface area contributed by atoms with Gasteiger partial charge in [0.15, 0.2) is 24.2 Å². The topological polar surface area (TPSA) is 73.9 Å². The largest absolute Gasteiger partial charge is 0.490 e. The van der Waals surface area contributed by atoms with Crippen molar-refractivity contribution in [3.8, 4) is 11.5 Å². The number of ether oxygens (including phenoxy) is 3. The zero-order chi connectivity index (χ0) is 20.5. The van der Waals surface area contributed by atoms with Crippen molar-refractivity contribution in [1.82, 2.24) is 0 Å². The number of para-hydroxylation sites is 2. The van der Waals surface area contributed by atoms with Crippen LogP contribution in [0, 0.1) is 13.8 Å². The van der Waals surface area contributed by atoms with E-state index in [1.807, 2.05) is 45.0 Å². The first-order chi connectivity index (χ1) is 13.4. The quantitative estimate of drug-likeness (QED) is 0.660. The van der Waals surface area contributed by atoms with Crippen LogP contribution in [0.4, 0.5) is 5.69 Å². The minimum Gasteiger partial charge on any atom is -0.490 e.